The minimum atomic E-state index is -3.48. The van der Waals surface area contributed by atoms with Gasteiger partial charge in [0.05, 0.1) is 17.5 Å². The molecule has 0 saturated carbocycles. The van der Waals surface area contributed by atoms with Crippen molar-refractivity contribution < 1.29 is 17.9 Å². The van der Waals surface area contributed by atoms with Crippen LogP contribution in [0, 0.1) is 0 Å². The van der Waals surface area contributed by atoms with Crippen LogP contribution in [0.1, 0.15) is 15.9 Å². The average molecular weight is 395 g/mol. The SMILES string of the molecule is CN(c1ccccc1C(=O)OCc1ccc(-c2ccccc2)cc1)S(C)(=O)=O. The van der Waals surface area contributed by atoms with Gasteiger partial charge in [-0.2, -0.15) is 0 Å². The number of carbonyl (C=O) groups excluding carboxylic acids is 1. The lowest BCUT2D eigenvalue weighted by atomic mass is 10.0. The van der Waals surface area contributed by atoms with Crippen LogP contribution >= 0.6 is 0 Å². The average Bonchev–Trinajstić information content (AvgIpc) is 2.72. The second-order valence-corrected chi connectivity index (χ2v) is 8.40. The third-order valence-electron chi connectivity index (χ3n) is 4.39. The predicted molar refractivity (Wildman–Crippen MR) is 111 cm³/mol. The molecule has 0 unspecified atom stereocenters. The fourth-order valence-corrected chi connectivity index (χ4v) is 3.27. The highest BCUT2D eigenvalue weighted by molar-refractivity contribution is 7.92. The molecular weight excluding hydrogens is 374 g/mol. The standard InChI is InChI=1S/C22H21NO4S/c1-23(28(2,25)26)21-11-7-6-10-20(21)22(24)27-16-17-12-14-19(15-13-17)18-8-4-3-5-9-18/h3-15H,16H2,1-2H3. The zero-order valence-corrected chi connectivity index (χ0v) is 16.5. The Bertz CT molecular complexity index is 1060. The summed E-state index contributed by atoms with van der Waals surface area (Å²) < 4.78 is 30.1. The Balaban J connectivity index is 1.71. The maximum absolute atomic E-state index is 12.5. The highest BCUT2D eigenvalue weighted by atomic mass is 32.2. The Labute approximate surface area is 165 Å². The number of ether oxygens (including phenoxy) is 1. The van der Waals surface area contributed by atoms with Gasteiger partial charge in [0.15, 0.2) is 0 Å². The van der Waals surface area contributed by atoms with Crippen LogP contribution in [0.5, 0.6) is 0 Å². The largest absolute Gasteiger partial charge is 0.457 e. The van der Waals surface area contributed by atoms with E-state index in [1.165, 1.54) is 7.05 Å². The van der Waals surface area contributed by atoms with E-state index in [1.54, 1.807) is 24.3 Å². The third-order valence-corrected chi connectivity index (χ3v) is 5.58. The molecular formula is C22H21NO4S. The third kappa shape index (κ3) is 4.58. The summed E-state index contributed by atoms with van der Waals surface area (Å²) in [7, 11) is -2.08. The molecule has 3 aromatic carbocycles. The van der Waals surface area contributed by atoms with Crippen molar-refractivity contribution in [3.05, 3.63) is 90.0 Å². The predicted octanol–water partition coefficient (Wildman–Crippen LogP) is 4.11. The monoisotopic (exact) mass is 395 g/mol. The van der Waals surface area contributed by atoms with Gasteiger partial charge in [0.2, 0.25) is 10.0 Å². The van der Waals surface area contributed by atoms with Gasteiger partial charge in [-0.15, -0.1) is 0 Å². The van der Waals surface area contributed by atoms with Crippen LogP contribution in [0.3, 0.4) is 0 Å². The van der Waals surface area contributed by atoms with Gasteiger partial charge in [0, 0.05) is 7.05 Å². The van der Waals surface area contributed by atoms with Gasteiger partial charge in [-0.1, -0.05) is 66.7 Å². The molecule has 0 spiro atoms. The number of rotatable bonds is 6. The Morgan fingerprint density at radius 3 is 2.07 bits per heavy atom. The van der Waals surface area contributed by atoms with Crippen LogP contribution in [-0.4, -0.2) is 27.7 Å². The fraction of sp³-hybridized carbons (Fsp3) is 0.136. The van der Waals surface area contributed by atoms with Crippen LogP contribution in [0.15, 0.2) is 78.9 Å². The van der Waals surface area contributed by atoms with E-state index in [1.807, 2.05) is 54.6 Å². The normalized spacial score (nSPS) is 11.1. The first kappa shape index (κ1) is 19.6. The van der Waals surface area contributed by atoms with Crippen LogP contribution in [0.25, 0.3) is 11.1 Å². The summed E-state index contributed by atoms with van der Waals surface area (Å²) in [4.78, 5) is 12.5. The van der Waals surface area contributed by atoms with Crippen molar-refractivity contribution in [2.24, 2.45) is 0 Å². The summed E-state index contributed by atoms with van der Waals surface area (Å²) in [5.74, 6) is -0.571. The van der Waals surface area contributed by atoms with Gasteiger partial charge in [0.25, 0.3) is 0 Å². The van der Waals surface area contributed by atoms with Crippen molar-refractivity contribution in [3.63, 3.8) is 0 Å². The van der Waals surface area contributed by atoms with E-state index in [-0.39, 0.29) is 17.9 Å². The first-order valence-electron chi connectivity index (χ1n) is 8.70. The number of nitrogens with zero attached hydrogens (tertiary/aromatic N) is 1. The number of anilines is 1. The van der Waals surface area contributed by atoms with E-state index in [0.717, 1.165) is 27.3 Å². The molecule has 0 saturated heterocycles. The zero-order valence-electron chi connectivity index (χ0n) is 15.7. The molecule has 3 rings (SSSR count). The molecule has 0 fully saturated rings. The number of sulfonamides is 1. The maximum Gasteiger partial charge on any atom is 0.340 e. The summed E-state index contributed by atoms with van der Waals surface area (Å²) in [5.41, 5.74) is 3.53. The number of hydrogen-bond donors (Lipinski definition) is 0. The summed E-state index contributed by atoms with van der Waals surface area (Å²) >= 11 is 0. The molecule has 0 aliphatic carbocycles. The quantitative estimate of drug-likeness (QED) is 0.590. The summed E-state index contributed by atoms with van der Waals surface area (Å²) in [5, 5.41) is 0. The van der Waals surface area contributed by atoms with Crippen molar-refractivity contribution in [1.82, 2.24) is 0 Å². The fourth-order valence-electron chi connectivity index (χ4n) is 2.75. The Kier molecular flexibility index (Phi) is 5.80. The van der Waals surface area contributed by atoms with E-state index in [4.69, 9.17) is 4.74 Å². The van der Waals surface area contributed by atoms with E-state index in [9.17, 15) is 13.2 Å². The minimum Gasteiger partial charge on any atom is -0.457 e. The molecule has 0 bridgehead atoms. The number of esters is 1. The molecule has 3 aromatic rings. The van der Waals surface area contributed by atoms with Crippen molar-refractivity contribution in [1.29, 1.82) is 0 Å². The highest BCUT2D eigenvalue weighted by Gasteiger charge is 2.20. The molecule has 0 aliphatic rings. The Morgan fingerprint density at radius 1 is 0.857 bits per heavy atom. The molecule has 5 nitrogen and oxygen atoms in total. The van der Waals surface area contributed by atoms with Crippen LogP contribution in [0.2, 0.25) is 0 Å². The van der Waals surface area contributed by atoms with E-state index < -0.39 is 16.0 Å². The van der Waals surface area contributed by atoms with Crippen molar-refractivity contribution in [2.75, 3.05) is 17.6 Å². The topological polar surface area (TPSA) is 63.7 Å². The van der Waals surface area contributed by atoms with E-state index in [0.29, 0.717) is 0 Å². The van der Waals surface area contributed by atoms with E-state index >= 15 is 0 Å². The van der Waals surface area contributed by atoms with Crippen LogP contribution < -0.4 is 4.31 Å². The maximum atomic E-state index is 12.5. The Morgan fingerprint density at radius 2 is 1.43 bits per heavy atom. The lowest BCUT2D eigenvalue weighted by molar-refractivity contribution is 0.0473. The van der Waals surface area contributed by atoms with Crippen molar-refractivity contribution in [3.8, 4) is 11.1 Å². The first-order chi connectivity index (χ1) is 13.4. The molecule has 0 aliphatic heterocycles. The van der Waals surface area contributed by atoms with Crippen LogP contribution in [0.4, 0.5) is 5.69 Å². The minimum absolute atomic E-state index is 0.102. The lowest BCUT2D eigenvalue weighted by Crippen LogP contribution is -2.26. The summed E-state index contributed by atoms with van der Waals surface area (Å²) in [6.07, 6.45) is 1.09. The van der Waals surface area contributed by atoms with Gasteiger partial charge in [-0.05, 0) is 28.8 Å². The summed E-state index contributed by atoms with van der Waals surface area (Å²) in [6.45, 7) is 0.102. The number of benzene rings is 3. The molecule has 0 N–H and O–H groups in total. The van der Waals surface area contributed by atoms with Gasteiger partial charge in [0.1, 0.15) is 6.61 Å². The van der Waals surface area contributed by atoms with Gasteiger partial charge >= 0.3 is 5.97 Å². The summed E-state index contributed by atoms with van der Waals surface area (Å²) in [6, 6.07) is 24.2. The smallest absolute Gasteiger partial charge is 0.340 e. The van der Waals surface area contributed by atoms with Crippen molar-refractivity contribution in [2.45, 2.75) is 6.61 Å². The Hall–Kier alpha value is -3.12. The van der Waals surface area contributed by atoms with Gasteiger partial charge < -0.3 is 4.74 Å². The molecule has 0 amide bonds. The van der Waals surface area contributed by atoms with E-state index in [2.05, 4.69) is 0 Å². The molecule has 0 aromatic heterocycles. The molecule has 0 atom stereocenters. The second-order valence-electron chi connectivity index (χ2n) is 6.39. The van der Waals surface area contributed by atoms with Crippen molar-refractivity contribution >= 4 is 21.7 Å². The molecule has 28 heavy (non-hydrogen) atoms. The number of para-hydroxylation sites is 1. The zero-order chi connectivity index (χ0) is 20.1. The molecule has 0 radical (unpaired) electrons. The van der Waals surface area contributed by atoms with Gasteiger partial charge in [-0.3, -0.25) is 4.31 Å². The highest BCUT2D eigenvalue weighted by Crippen LogP contribution is 2.23. The molecule has 144 valence electrons. The molecule has 0 heterocycles. The second kappa shape index (κ2) is 8.27. The van der Waals surface area contributed by atoms with Gasteiger partial charge in [-0.25, -0.2) is 13.2 Å². The van der Waals surface area contributed by atoms with Crippen LogP contribution in [-0.2, 0) is 21.4 Å². The lowest BCUT2D eigenvalue weighted by Gasteiger charge is -2.19. The number of carbonyl (C=O) groups is 1. The number of hydrogen-bond acceptors (Lipinski definition) is 4. The molecule has 6 heteroatoms. The first-order valence-corrected chi connectivity index (χ1v) is 10.6.